The van der Waals surface area contributed by atoms with Crippen molar-refractivity contribution in [2.45, 2.75) is 19.4 Å². The zero-order valence-corrected chi connectivity index (χ0v) is 19.0. The van der Waals surface area contributed by atoms with Crippen LogP contribution in [0.15, 0.2) is 53.8 Å². The summed E-state index contributed by atoms with van der Waals surface area (Å²) >= 11 is 6.44. The van der Waals surface area contributed by atoms with Crippen molar-refractivity contribution in [3.63, 3.8) is 0 Å². The minimum absolute atomic E-state index is 0.156. The Bertz CT molecular complexity index is 1300. The number of aliphatic imine (C=N–C) groups is 1. The van der Waals surface area contributed by atoms with E-state index in [1.54, 1.807) is 31.5 Å². The van der Waals surface area contributed by atoms with Gasteiger partial charge in [-0.1, -0.05) is 11.3 Å². The third kappa shape index (κ3) is 4.45. The van der Waals surface area contributed by atoms with Crippen molar-refractivity contribution >= 4 is 58.9 Å². The molecule has 0 saturated carbocycles. The van der Waals surface area contributed by atoms with Crippen LogP contribution < -0.4 is 4.90 Å². The van der Waals surface area contributed by atoms with Crippen molar-refractivity contribution in [1.82, 2.24) is 9.55 Å². The van der Waals surface area contributed by atoms with E-state index in [4.69, 9.17) is 17.0 Å². The lowest BCUT2D eigenvalue weighted by Crippen LogP contribution is -2.31. The Morgan fingerprint density at radius 3 is 2.76 bits per heavy atom. The summed E-state index contributed by atoms with van der Waals surface area (Å²) < 4.78 is 6.46. The number of esters is 1. The van der Waals surface area contributed by atoms with Crippen LogP contribution in [0.1, 0.15) is 34.6 Å². The first-order valence-corrected chi connectivity index (χ1v) is 11.2. The van der Waals surface area contributed by atoms with Crippen molar-refractivity contribution < 1.29 is 24.2 Å². The van der Waals surface area contributed by atoms with Gasteiger partial charge in [0.15, 0.2) is 3.95 Å². The Kier molecular flexibility index (Phi) is 6.43. The highest BCUT2D eigenvalue weighted by molar-refractivity contribution is 7.73. The first kappa shape index (κ1) is 22.5. The highest BCUT2D eigenvalue weighted by Crippen LogP contribution is 2.36. The van der Waals surface area contributed by atoms with Crippen LogP contribution in [0.3, 0.4) is 0 Å². The molecule has 1 atom stereocenters. The number of carbonyl (C=O) groups is 3. The van der Waals surface area contributed by atoms with Crippen molar-refractivity contribution in [2.24, 2.45) is 4.99 Å². The molecule has 1 aliphatic rings. The predicted molar refractivity (Wildman–Crippen MR) is 125 cm³/mol. The fourth-order valence-corrected chi connectivity index (χ4v) is 4.64. The van der Waals surface area contributed by atoms with Gasteiger partial charge in [0.05, 0.1) is 42.4 Å². The van der Waals surface area contributed by atoms with Crippen LogP contribution in [0.25, 0.3) is 0 Å². The molecule has 1 fully saturated rings. The second kappa shape index (κ2) is 9.43. The molecule has 0 aliphatic carbocycles. The Morgan fingerprint density at radius 1 is 1.33 bits per heavy atom. The molecule has 9 nitrogen and oxygen atoms in total. The first-order chi connectivity index (χ1) is 15.9. The van der Waals surface area contributed by atoms with Gasteiger partial charge >= 0.3 is 5.97 Å². The zero-order valence-electron chi connectivity index (χ0n) is 17.4. The molecule has 1 N–H and O–H groups in total. The smallest absolute Gasteiger partial charge is 0.338 e. The minimum Gasteiger partial charge on any atom is -0.493 e. The number of nitrogens with zero attached hydrogens (tertiary/aromatic N) is 4. The average molecular weight is 483 g/mol. The molecule has 3 aromatic rings. The van der Waals surface area contributed by atoms with Gasteiger partial charge in [-0.3, -0.25) is 24.1 Å². The van der Waals surface area contributed by atoms with Crippen LogP contribution in [0.2, 0.25) is 0 Å². The lowest BCUT2D eigenvalue weighted by atomic mass is 10.2. The molecule has 1 aromatic carbocycles. The van der Waals surface area contributed by atoms with Gasteiger partial charge in [0.2, 0.25) is 11.8 Å². The molecule has 1 unspecified atom stereocenters. The van der Waals surface area contributed by atoms with E-state index in [2.05, 4.69) is 9.98 Å². The third-order valence-electron chi connectivity index (χ3n) is 4.89. The van der Waals surface area contributed by atoms with Gasteiger partial charge in [0.25, 0.3) is 5.91 Å². The van der Waals surface area contributed by atoms with Crippen molar-refractivity contribution in [2.75, 3.05) is 11.5 Å². The van der Waals surface area contributed by atoms with Crippen LogP contribution in [0.4, 0.5) is 11.4 Å². The number of hydrogen-bond donors (Lipinski definition) is 1. The SMILES string of the molecule is CCOC(=O)c1ccc(N2C(=O)CC(n3c(O)c(C=Nc4cccnc4)sc3=S)C2=O)cc1. The van der Waals surface area contributed by atoms with Gasteiger partial charge in [0.1, 0.15) is 10.9 Å². The number of aromatic nitrogens is 2. The summed E-state index contributed by atoms with van der Waals surface area (Å²) in [6, 6.07) is 8.49. The monoisotopic (exact) mass is 482 g/mol. The summed E-state index contributed by atoms with van der Waals surface area (Å²) in [6.45, 7) is 1.94. The van der Waals surface area contributed by atoms with Crippen molar-refractivity contribution in [3.05, 3.63) is 63.2 Å². The van der Waals surface area contributed by atoms with E-state index < -0.39 is 23.8 Å². The number of ether oxygens (including phenoxy) is 1. The van der Waals surface area contributed by atoms with E-state index >= 15 is 0 Å². The molecule has 3 heterocycles. The molecule has 33 heavy (non-hydrogen) atoms. The molecule has 11 heteroatoms. The summed E-state index contributed by atoms with van der Waals surface area (Å²) in [5.74, 6) is -1.69. The lowest BCUT2D eigenvalue weighted by molar-refractivity contribution is -0.122. The predicted octanol–water partition coefficient (Wildman–Crippen LogP) is 3.81. The summed E-state index contributed by atoms with van der Waals surface area (Å²) in [7, 11) is 0. The number of rotatable bonds is 6. The van der Waals surface area contributed by atoms with Gasteiger partial charge in [-0.2, -0.15) is 0 Å². The quantitative estimate of drug-likeness (QED) is 0.246. The number of benzene rings is 1. The standard InChI is InChI=1S/C22H18N4O5S2/c1-2-31-21(30)13-5-7-15(8-6-13)25-18(27)10-16(19(25)28)26-20(29)17(33-22(26)32)12-24-14-4-3-9-23-11-14/h3-9,11-12,16,29H,2,10H2,1H3. The molecule has 1 saturated heterocycles. The molecular formula is C22H18N4O5S2. The average Bonchev–Trinajstić information content (AvgIpc) is 3.26. The van der Waals surface area contributed by atoms with Gasteiger partial charge in [0, 0.05) is 6.20 Å². The fraction of sp³-hybridized carbons (Fsp3) is 0.182. The summed E-state index contributed by atoms with van der Waals surface area (Å²) in [6.07, 6.45) is 4.47. The number of pyridine rings is 1. The van der Waals surface area contributed by atoms with Crippen molar-refractivity contribution in [3.8, 4) is 5.88 Å². The highest BCUT2D eigenvalue weighted by atomic mass is 32.1. The van der Waals surface area contributed by atoms with E-state index in [0.717, 1.165) is 16.2 Å². The largest absolute Gasteiger partial charge is 0.493 e. The van der Waals surface area contributed by atoms with Crippen LogP contribution in [-0.2, 0) is 14.3 Å². The Morgan fingerprint density at radius 2 is 2.09 bits per heavy atom. The number of amides is 2. The van der Waals surface area contributed by atoms with E-state index in [0.29, 0.717) is 21.8 Å². The maximum atomic E-state index is 13.1. The van der Waals surface area contributed by atoms with Crippen LogP contribution >= 0.6 is 23.6 Å². The number of aromatic hydroxyl groups is 1. The number of thiazole rings is 1. The van der Waals surface area contributed by atoms with E-state index in [9.17, 15) is 19.5 Å². The number of imide groups is 1. The highest BCUT2D eigenvalue weighted by Gasteiger charge is 2.42. The summed E-state index contributed by atoms with van der Waals surface area (Å²) in [4.78, 5) is 47.3. The Labute approximate surface area is 197 Å². The van der Waals surface area contributed by atoms with Gasteiger partial charge in [-0.05, 0) is 55.5 Å². The topological polar surface area (TPSA) is 114 Å². The van der Waals surface area contributed by atoms with E-state index in [1.165, 1.54) is 35.0 Å². The first-order valence-electron chi connectivity index (χ1n) is 9.93. The minimum atomic E-state index is -0.980. The maximum absolute atomic E-state index is 13.1. The summed E-state index contributed by atoms with van der Waals surface area (Å²) in [5.41, 5.74) is 1.22. The van der Waals surface area contributed by atoms with Crippen LogP contribution in [0.5, 0.6) is 5.88 Å². The molecule has 0 bridgehead atoms. The zero-order chi connectivity index (χ0) is 23.5. The van der Waals surface area contributed by atoms with Crippen LogP contribution in [0, 0.1) is 3.95 Å². The fourth-order valence-electron chi connectivity index (χ4n) is 3.37. The van der Waals surface area contributed by atoms with E-state index in [-0.39, 0.29) is 22.9 Å². The Balaban J connectivity index is 1.59. The van der Waals surface area contributed by atoms with E-state index in [1.807, 2.05) is 0 Å². The van der Waals surface area contributed by atoms with Crippen LogP contribution in [-0.4, -0.2) is 45.3 Å². The van der Waals surface area contributed by atoms with Gasteiger partial charge in [-0.25, -0.2) is 9.69 Å². The maximum Gasteiger partial charge on any atom is 0.338 e. The molecule has 168 valence electrons. The molecular weight excluding hydrogens is 464 g/mol. The number of hydrogen-bond acceptors (Lipinski definition) is 9. The number of anilines is 1. The number of carbonyl (C=O) groups excluding carboxylic acids is 3. The molecule has 2 amide bonds. The molecule has 2 aromatic heterocycles. The second-order valence-corrected chi connectivity index (χ2v) is 8.63. The summed E-state index contributed by atoms with van der Waals surface area (Å²) in [5, 5.41) is 10.7. The van der Waals surface area contributed by atoms with Gasteiger partial charge < -0.3 is 9.84 Å². The third-order valence-corrected chi connectivity index (χ3v) is 6.22. The van der Waals surface area contributed by atoms with Gasteiger partial charge in [-0.15, -0.1) is 0 Å². The second-order valence-electron chi connectivity index (χ2n) is 6.95. The lowest BCUT2D eigenvalue weighted by Gasteiger charge is -2.16. The molecule has 4 rings (SSSR count). The molecule has 0 spiro atoms. The molecule has 1 aliphatic heterocycles. The Hall–Kier alpha value is -3.70. The van der Waals surface area contributed by atoms with Crippen molar-refractivity contribution in [1.29, 1.82) is 0 Å². The molecule has 0 radical (unpaired) electrons. The normalized spacial score (nSPS) is 16.0.